The molecule has 0 radical (unpaired) electrons. The number of carbonyl (C=O) groups excluding carboxylic acids is 1. The molecule has 0 saturated carbocycles. The van der Waals surface area contributed by atoms with Gasteiger partial charge in [0, 0.05) is 35.2 Å². The summed E-state index contributed by atoms with van der Waals surface area (Å²) in [5, 5.41) is 0.671. The first-order chi connectivity index (χ1) is 9.02. The Hall–Kier alpha value is -1.13. The van der Waals surface area contributed by atoms with Crippen LogP contribution in [0, 0.1) is 0 Å². The van der Waals surface area contributed by atoms with Crippen molar-refractivity contribution in [1.82, 2.24) is 4.90 Å². The number of nitrogens with zero attached hydrogens (tertiary/aromatic N) is 1. The minimum absolute atomic E-state index is 0.0639. The highest BCUT2D eigenvalue weighted by molar-refractivity contribution is 7.85. The first-order valence-electron chi connectivity index (χ1n) is 5.97. The van der Waals surface area contributed by atoms with E-state index >= 15 is 0 Å². The Morgan fingerprint density at radius 2 is 2.00 bits per heavy atom. The lowest BCUT2D eigenvalue weighted by molar-refractivity contribution is -0.127. The normalized spacial score (nSPS) is 12.6. The molecule has 104 valence electrons. The lowest BCUT2D eigenvalue weighted by Crippen LogP contribution is -2.30. The van der Waals surface area contributed by atoms with Crippen LogP contribution in [0.4, 0.5) is 0 Å². The van der Waals surface area contributed by atoms with Gasteiger partial charge >= 0.3 is 0 Å². The predicted molar refractivity (Wildman–Crippen MR) is 80.6 cm³/mol. The lowest BCUT2D eigenvalue weighted by Gasteiger charge is -2.17. The third-order valence-electron chi connectivity index (χ3n) is 2.56. The highest BCUT2D eigenvalue weighted by Crippen LogP contribution is 2.11. The molecule has 1 unspecified atom stereocenters. The molecular formula is C14H18ClNO2S. The van der Waals surface area contributed by atoms with Crippen molar-refractivity contribution in [2.75, 3.05) is 18.6 Å². The number of hydrogen-bond donors (Lipinski definition) is 0. The Kier molecular flexibility index (Phi) is 6.81. The van der Waals surface area contributed by atoms with Gasteiger partial charge in [-0.3, -0.25) is 9.00 Å². The summed E-state index contributed by atoms with van der Waals surface area (Å²) in [7, 11) is 0.581. The predicted octanol–water partition coefficient (Wildman–Crippen LogP) is 2.62. The zero-order chi connectivity index (χ0) is 14.3. The second kappa shape index (κ2) is 8.12. The van der Waals surface area contributed by atoms with Crippen LogP contribution in [0.3, 0.4) is 0 Å². The van der Waals surface area contributed by atoms with Crippen LogP contribution in [0.5, 0.6) is 0 Å². The maximum absolute atomic E-state index is 11.9. The highest BCUT2D eigenvalue weighted by Gasteiger charge is 2.12. The van der Waals surface area contributed by atoms with Gasteiger partial charge < -0.3 is 4.90 Å². The largest absolute Gasteiger partial charge is 0.341 e. The van der Waals surface area contributed by atoms with Gasteiger partial charge in [0.1, 0.15) is 5.75 Å². The van der Waals surface area contributed by atoms with Crippen LogP contribution < -0.4 is 0 Å². The number of amides is 1. The van der Waals surface area contributed by atoms with Crippen molar-refractivity contribution in [2.45, 2.75) is 13.5 Å². The van der Waals surface area contributed by atoms with Crippen molar-refractivity contribution in [3.63, 3.8) is 0 Å². The molecule has 0 spiro atoms. The number of benzene rings is 1. The summed E-state index contributed by atoms with van der Waals surface area (Å²) in [6.07, 6.45) is 3.64. The van der Waals surface area contributed by atoms with E-state index in [4.69, 9.17) is 11.6 Å². The van der Waals surface area contributed by atoms with Crippen molar-refractivity contribution in [3.05, 3.63) is 47.0 Å². The van der Waals surface area contributed by atoms with E-state index < -0.39 is 10.8 Å². The highest BCUT2D eigenvalue weighted by atomic mass is 35.5. The number of carbonyl (C=O) groups is 1. The maximum atomic E-state index is 11.9. The molecular weight excluding hydrogens is 282 g/mol. The number of allylic oxidation sites excluding steroid dienone is 1. The van der Waals surface area contributed by atoms with Crippen molar-refractivity contribution in [2.24, 2.45) is 0 Å². The van der Waals surface area contributed by atoms with E-state index in [1.807, 2.05) is 31.2 Å². The molecule has 0 aliphatic heterocycles. The molecule has 1 aromatic rings. The standard InChI is InChI=1S/C14H18ClNO2S/c1-3-4-9-19(18)11-14(17)16(2)10-12-5-7-13(15)8-6-12/h3-8H,9-11H2,1-2H3. The van der Waals surface area contributed by atoms with Crippen molar-refractivity contribution in [1.29, 1.82) is 0 Å². The molecule has 1 rings (SSSR count). The summed E-state index contributed by atoms with van der Waals surface area (Å²) in [5.41, 5.74) is 1.000. The van der Waals surface area contributed by atoms with Gasteiger partial charge in [-0.25, -0.2) is 0 Å². The molecule has 0 bridgehead atoms. The molecule has 1 amide bonds. The van der Waals surface area contributed by atoms with Gasteiger partial charge in [0.2, 0.25) is 5.91 Å². The number of halogens is 1. The molecule has 0 N–H and O–H groups in total. The summed E-state index contributed by atoms with van der Waals surface area (Å²) in [4.78, 5) is 13.5. The van der Waals surface area contributed by atoms with Crippen LogP contribution in [0.1, 0.15) is 12.5 Å². The summed E-state index contributed by atoms with van der Waals surface area (Å²) in [6.45, 7) is 2.36. The Morgan fingerprint density at radius 1 is 1.37 bits per heavy atom. The monoisotopic (exact) mass is 299 g/mol. The van der Waals surface area contributed by atoms with E-state index in [0.717, 1.165) is 5.56 Å². The molecule has 3 nitrogen and oxygen atoms in total. The summed E-state index contributed by atoms with van der Waals surface area (Å²) >= 11 is 5.80. The Labute approximate surface area is 121 Å². The SMILES string of the molecule is CC=CCS(=O)CC(=O)N(C)Cc1ccc(Cl)cc1. The van der Waals surface area contributed by atoms with Crippen molar-refractivity contribution >= 4 is 28.3 Å². The van der Waals surface area contributed by atoms with Gasteiger partial charge in [-0.05, 0) is 24.6 Å². The van der Waals surface area contributed by atoms with Crippen molar-refractivity contribution < 1.29 is 9.00 Å². The molecule has 0 aliphatic rings. The molecule has 1 aromatic carbocycles. The van der Waals surface area contributed by atoms with E-state index in [2.05, 4.69) is 0 Å². The van der Waals surface area contributed by atoms with E-state index in [9.17, 15) is 9.00 Å². The Morgan fingerprint density at radius 3 is 2.58 bits per heavy atom. The van der Waals surface area contributed by atoms with E-state index in [-0.39, 0.29) is 11.7 Å². The van der Waals surface area contributed by atoms with Gasteiger partial charge in [0.15, 0.2) is 0 Å². The van der Waals surface area contributed by atoms with Gasteiger partial charge in [0.05, 0.1) is 0 Å². The molecule has 1 atom stereocenters. The minimum atomic E-state index is -1.13. The average molecular weight is 300 g/mol. The fourth-order valence-corrected chi connectivity index (χ4v) is 2.61. The molecule has 0 saturated heterocycles. The molecule has 0 fully saturated rings. The fraction of sp³-hybridized carbons (Fsp3) is 0.357. The van der Waals surface area contributed by atoms with Crippen LogP contribution in [0.25, 0.3) is 0 Å². The zero-order valence-electron chi connectivity index (χ0n) is 11.1. The van der Waals surface area contributed by atoms with Crippen LogP contribution in [0.2, 0.25) is 5.02 Å². The molecule has 0 heterocycles. The average Bonchev–Trinajstić information content (AvgIpc) is 2.39. The number of rotatable bonds is 6. The topological polar surface area (TPSA) is 37.4 Å². The third kappa shape index (κ3) is 6.03. The van der Waals surface area contributed by atoms with E-state index in [0.29, 0.717) is 17.3 Å². The second-order valence-corrected chi connectivity index (χ2v) is 6.13. The van der Waals surface area contributed by atoms with E-state index in [1.165, 1.54) is 0 Å². The molecule has 19 heavy (non-hydrogen) atoms. The van der Waals surface area contributed by atoms with Crippen LogP contribution in [0.15, 0.2) is 36.4 Å². The lowest BCUT2D eigenvalue weighted by atomic mass is 10.2. The van der Waals surface area contributed by atoms with Gasteiger partial charge in [0.25, 0.3) is 0 Å². The van der Waals surface area contributed by atoms with Crippen LogP contribution in [-0.4, -0.2) is 33.6 Å². The quantitative estimate of drug-likeness (QED) is 0.757. The van der Waals surface area contributed by atoms with Gasteiger partial charge in [-0.2, -0.15) is 0 Å². The molecule has 0 aliphatic carbocycles. The molecule has 5 heteroatoms. The second-order valence-electron chi connectivity index (χ2n) is 4.20. The van der Waals surface area contributed by atoms with Gasteiger partial charge in [-0.1, -0.05) is 35.9 Å². The minimum Gasteiger partial charge on any atom is -0.341 e. The third-order valence-corrected chi connectivity index (χ3v) is 3.95. The first-order valence-corrected chi connectivity index (χ1v) is 7.84. The smallest absolute Gasteiger partial charge is 0.235 e. The van der Waals surface area contributed by atoms with Gasteiger partial charge in [-0.15, -0.1) is 0 Å². The zero-order valence-corrected chi connectivity index (χ0v) is 12.7. The van der Waals surface area contributed by atoms with Crippen LogP contribution in [-0.2, 0) is 22.1 Å². The maximum Gasteiger partial charge on any atom is 0.235 e. The number of hydrogen-bond acceptors (Lipinski definition) is 2. The Bertz CT molecular complexity index is 471. The fourth-order valence-electron chi connectivity index (χ4n) is 1.46. The van der Waals surface area contributed by atoms with E-state index in [1.54, 1.807) is 24.1 Å². The molecule has 0 aromatic heterocycles. The van der Waals surface area contributed by atoms with Crippen LogP contribution >= 0.6 is 11.6 Å². The first kappa shape index (κ1) is 15.9. The summed E-state index contributed by atoms with van der Waals surface area (Å²) in [5.74, 6) is 0.378. The Balaban J connectivity index is 2.48. The summed E-state index contributed by atoms with van der Waals surface area (Å²) in [6, 6.07) is 7.34. The van der Waals surface area contributed by atoms with Crippen molar-refractivity contribution in [3.8, 4) is 0 Å². The summed E-state index contributed by atoms with van der Waals surface area (Å²) < 4.78 is 11.6.